The molecular formula is C21H16F6O4. The summed E-state index contributed by atoms with van der Waals surface area (Å²) in [5.41, 5.74) is -0.00922. The first kappa shape index (κ1) is 22.5. The van der Waals surface area contributed by atoms with Crippen molar-refractivity contribution in [3.8, 4) is 17.2 Å². The van der Waals surface area contributed by atoms with Crippen LogP contribution in [-0.2, 0) is 17.6 Å². The number of ether oxygens (including phenoxy) is 3. The van der Waals surface area contributed by atoms with Crippen molar-refractivity contribution in [2.24, 2.45) is 0 Å². The molecule has 0 bridgehead atoms. The first-order chi connectivity index (χ1) is 14.5. The van der Waals surface area contributed by atoms with E-state index in [1.165, 1.54) is 0 Å². The molecular weight excluding hydrogens is 430 g/mol. The molecule has 166 valence electrons. The van der Waals surface area contributed by atoms with Gasteiger partial charge in [0, 0.05) is 17.2 Å². The van der Waals surface area contributed by atoms with Crippen molar-refractivity contribution < 1.29 is 45.3 Å². The van der Waals surface area contributed by atoms with Gasteiger partial charge in [-0.1, -0.05) is 6.07 Å². The van der Waals surface area contributed by atoms with Crippen LogP contribution in [0, 0.1) is 0 Å². The van der Waals surface area contributed by atoms with Crippen molar-refractivity contribution in [2.45, 2.75) is 32.0 Å². The molecule has 3 rings (SSSR count). The highest BCUT2D eigenvalue weighted by Gasteiger charge is 2.41. The first-order valence-corrected chi connectivity index (χ1v) is 8.96. The zero-order valence-electron chi connectivity index (χ0n) is 16.0. The Balaban J connectivity index is 1.78. The van der Waals surface area contributed by atoms with Crippen molar-refractivity contribution in [3.63, 3.8) is 0 Å². The summed E-state index contributed by atoms with van der Waals surface area (Å²) in [6.07, 6.45) is -9.80. The standard InChI is InChI=1S/C21H16F6O4/c1-12(20(22,23)24)31-19-7-13(2-5-17(19)21(25,26)27)10-29-16-4-3-15-6-14(9-28)11-30-18(15)8-16/h2-9,12H,10-11H2,1H3/t12-/m0/s1. The minimum Gasteiger partial charge on any atom is -0.489 e. The van der Waals surface area contributed by atoms with Gasteiger partial charge in [-0.25, -0.2) is 0 Å². The smallest absolute Gasteiger partial charge is 0.425 e. The van der Waals surface area contributed by atoms with Crippen LogP contribution in [0.4, 0.5) is 26.3 Å². The lowest BCUT2D eigenvalue weighted by Crippen LogP contribution is -2.32. The Hall–Kier alpha value is -3.17. The topological polar surface area (TPSA) is 44.8 Å². The number of hydrogen-bond acceptors (Lipinski definition) is 4. The summed E-state index contributed by atoms with van der Waals surface area (Å²) in [4.78, 5) is 10.8. The highest BCUT2D eigenvalue weighted by Crippen LogP contribution is 2.39. The van der Waals surface area contributed by atoms with Crippen LogP contribution in [0.25, 0.3) is 6.08 Å². The minimum atomic E-state index is -4.89. The molecule has 2 aromatic rings. The minimum absolute atomic E-state index is 0.0942. The zero-order chi connectivity index (χ0) is 22.8. The summed E-state index contributed by atoms with van der Waals surface area (Å²) in [6.45, 7) is 0.501. The van der Waals surface area contributed by atoms with Gasteiger partial charge in [0.25, 0.3) is 0 Å². The molecule has 0 unspecified atom stereocenters. The Morgan fingerprint density at radius 2 is 1.84 bits per heavy atom. The Morgan fingerprint density at radius 1 is 1.10 bits per heavy atom. The van der Waals surface area contributed by atoms with Gasteiger partial charge in [-0.05, 0) is 42.8 Å². The number of aldehydes is 1. The number of fused-ring (bicyclic) bond motifs is 1. The maximum absolute atomic E-state index is 13.2. The molecule has 2 aromatic carbocycles. The molecule has 0 spiro atoms. The molecule has 0 saturated heterocycles. The van der Waals surface area contributed by atoms with Crippen molar-refractivity contribution in [3.05, 3.63) is 58.7 Å². The maximum atomic E-state index is 13.2. The number of carbonyl (C=O) groups excluding carboxylic acids is 1. The average molecular weight is 446 g/mol. The molecule has 0 radical (unpaired) electrons. The van der Waals surface area contributed by atoms with Crippen molar-refractivity contribution in [2.75, 3.05) is 6.61 Å². The van der Waals surface area contributed by atoms with Crippen molar-refractivity contribution in [1.29, 1.82) is 0 Å². The van der Waals surface area contributed by atoms with E-state index in [2.05, 4.69) is 4.74 Å². The molecule has 1 aliphatic rings. The van der Waals surface area contributed by atoms with E-state index >= 15 is 0 Å². The van der Waals surface area contributed by atoms with E-state index in [-0.39, 0.29) is 18.8 Å². The normalized spacial score (nSPS) is 14.7. The predicted molar refractivity (Wildman–Crippen MR) is 97.9 cm³/mol. The highest BCUT2D eigenvalue weighted by molar-refractivity contribution is 5.84. The highest BCUT2D eigenvalue weighted by atomic mass is 19.4. The second-order valence-electron chi connectivity index (χ2n) is 6.74. The van der Waals surface area contributed by atoms with Crippen LogP contribution in [0.15, 0.2) is 42.0 Å². The number of carbonyl (C=O) groups is 1. The summed E-state index contributed by atoms with van der Waals surface area (Å²) < 4.78 is 93.3. The molecule has 0 amide bonds. The number of benzene rings is 2. The summed E-state index contributed by atoms with van der Waals surface area (Å²) in [5, 5.41) is 0. The lowest BCUT2D eigenvalue weighted by atomic mass is 10.1. The molecule has 0 fully saturated rings. The summed E-state index contributed by atoms with van der Waals surface area (Å²) >= 11 is 0. The van der Waals surface area contributed by atoms with Crippen LogP contribution >= 0.6 is 0 Å². The van der Waals surface area contributed by atoms with E-state index in [9.17, 15) is 31.1 Å². The van der Waals surface area contributed by atoms with Crippen LogP contribution in [0.3, 0.4) is 0 Å². The molecule has 4 nitrogen and oxygen atoms in total. The fraction of sp³-hybridized carbons (Fsp3) is 0.286. The zero-order valence-corrected chi connectivity index (χ0v) is 16.0. The Labute approximate surface area is 173 Å². The SMILES string of the molecule is C[C@H](Oc1cc(COc2ccc3c(c2)OCC(C=O)=C3)ccc1C(F)(F)F)C(F)(F)F. The van der Waals surface area contributed by atoms with Gasteiger partial charge in [-0.15, -0.1) is 0 Å². The van der Waals surface area contributed by atoms with Gasteiger partial charge in [0.15, 0.2) is 6.10 Å². The fourth-order valence-corrected chi connectivity index (χ4v) is 2.73. The number of alkyl halides is 6. The molecule has 10 heteroatoms. The average Bonchev–Trinajstić information content (AvgIpc) is 2.70. The fourth-order valence-electron chi connectivity index (χ4n) is 2.73. The Kier molecular flexibility index (Phi) is 6.19. The van der Waals surface area contributed by atoms with Crippen LogP contribution in [-0.4, -0.2) is 25.2 Å². The molecule has 0 aliphatic carbocycles. The molecule has 0 aromatic heterocycles. The number of hydrogen-bond donors (Lipinski definition) is 0. The summed E-state index contributed by atoms with van der Waals surface area (Å²) in [7, 11) is 0. The quantitative estimate of drug-likeness (QED) is 0.429. The summed E-state index contributed by atoms with van der Waals surface area (Å²) in [6, 6.07) is 7.37. The van der Waals surface area contributed by atoms with Gasteiger partial charge >= 0.3 is 12.4 Å². The largest absolute Gasteiger partial charge is 0.489 e. The van der Waals surface area contributed by atoms with E-state index < -0.39 is 29.8 Å². The van der Waals surface area contributed by atoms with Crippen molar-refractivity contribution >= 4 is 12.4 Å². The Morgan fingerprint density at radius 3 is 2.48 bits per heavy atom. The lowest BCUT2D eigenvalue weighted by molar-refractivity contribution is -0.191. The molecule has 0 N–H and O–H groups in total. The lowest BCUT2D eigenvalue weighted by Gasteiger charge is -2.21. The van der Waals surface area contributed by atoms with Crippen molar-refractivity contribution in [1.82, 2.24) is 0 Å². The first-order valence-electron chi connectivity index (χ1n) is 8.96. The van der Waals surface area contributed by atoms with E-state index in [4.69, 9.17) is 9.47 Å². The van der Waals surface area contributed by atoms with Gasteiger partial charge in [-0.3, -0.25) is 4.79 Å². The molecule has 1 heterocycles. The molecule has 1 atom stereocenters. The third-order valence-corrected chi connectivity index (χ3v) is 4.39. The third-order valence-electron chi connectivity index (χ3n) is 4.39. The second-order valence-corrected chi connectivity index (χ2v) is 6.74. The number of halogens is 6. The predicted octanol–water partition coefficient (Wildman–Crippen LogP) is 5.59. The molecule has 1 aliphatic heterocycles. The van der Waals surface area contributed by atoms with Gasteiger partial charge in [0.05, 0.1) is 5.56 Å². The van der Waals surface area contributed by atoms with Crippen LogP contribution in [0.2, 0.25) is 0 Å². The second kappa shape index (κ2) is 8.52. The summed E-state index contributed by atoms with van der Waals surface area (Å²) in [5.74, 6) is -0.148. The third kappa shape index (κ3) is 5.50. The maximum Gasteiger partial charge on any atom is 0.425 e. The monoisotopic (exact) mass is 446 g/mol. The van der Waals surface area contributed by atoms with Gasteiger partial charge < -0.3 is 14.2 Å². The van der Waals surface area contributed by atoms with Crippen LogP contribution in [0.5, 0.6) is 17.2 Å². The van der Waals surface area contributed by atoms with Crippen LogP contribution < -0.4 is 14.2 Å². The van der Waals surface area contributed by atoms with E-state index in [0.717, 1.165) is 12.1 Å². The van der Waals surface area contributed by atoms with Crippen LogP contribution in [0.1, 0.15) is 23.6 Å². The Bertz CT molecular complexity index is 994. The van der Waals surface area contributed by atoms with E-state index in [1.54, 1.807) is 24.3 Å². The van der Waals surface area contributed by atoms with Gasteiger partial charge in [0.1, 0.15) is 36.7 Å². The molecule has 31 heavy (non-hydrogen) atoms. The van der Waals surface area contributed by atoms with E-state index in [1.807, 2.05) is 0 Å². The molecule has 0 saturated carbocycles. The number of rotatable bonds is 6. The van der Waals surface area contributed by atoms with E-state index in [0.29, 0.717) is 41.9 Å². The van der Waals surface area contributed by atoms with Gasteiger partial charge in [-0.2, -0.15) is 26.3 Å². The van der Waals surface area contributed by atoms with Gasteiger partial charge in [0.2, 0.25) is 0 Å².